The van der Waals surface area contributed by atoms with Crippen molar-refractivity contribution in [1.29, 1.82) is 5.41 Å². The van der Waals surface area contributed by atoms with Crippen LogP contribution in [0.3, 0.4) is 0 Å². The summed E-state index contributed by atoms with van der Waals surface area (Å²) in [6.07, 6.45) is 8.19. The van der Waals surface area contributed by atoms with E-state index in [1.165, 1.54) is 32.1 Å². The maximum atomic E-state index is 9.19. The Labute approximate surface area is 155 Å². The van der Waals surface area contributed by atoms with E-state index in [4.69, 9.17) is 9.96 Å². The quantitative estimate of drug-likeness (QED) is 0.510. The molecular weight excluding hydrogens is 354 g/mol. The van der Waals surface area contributed by atoms with Crippen LogP contribution in [-0.2, 0) is 23.2 Å². The first-order valence-corrected chi connectivity index (χ1v) is 10.7. The van der Waals surface area contributed by atoms with Crippen LogP contribution in [0.4, 0.5) is 0 Å². The number of tetrazole rings is 1. The molecule has 9 heteroatoms. The van der Waals surface area contributed by atoms with Crippen LogP contribution in [0.15, 0.2) is 30.3 Å². The molecule has 0 radical (unpaired) electrons. The third-order valence-corrected chi connectivity index (χ3v) is 3.64. The maximum absolute atomic E-state index is 9.19. The highest BCUT2D eigenvalue weighted by Crippen LogP contribution is 2.05. The van der Waals surface area contributed by atoms with Crippen LogP contribution in [0.5, 0.6) is 0 Å². The zero-order valence-corrected chi connectivity index (χ0v) is 16.3. The van der Waals surface area contributed by atoms with E-state index in [0.29, 0.717) is 18.4 Å². The molecule has 1 aromatic heterocycles. The lowest BCUT2D eigenvalue weighted by molar-refractivity contribution is 0.490. The van der Waals surface area contributed by atoms with E-state index in [9.17, 15) is 8.42 Å². The predicted molar refractivity (Wildman–Crippen MR) is 100 cm³/mol. The second kappa shape index (κ2) is 11.6. The van der Waals surface area contributed by atoms with Crippen molar-refractivity contribution in [1.82, 2.24) is 19.8 Å². The van der Waals surface area contributed by atoms with E-state index in [1.54, 1.807) is 9.36 Å². The smallest absolute Gasteiger partial charge is 0.261 e. The molecular formula is C17H29N5O3S. The molecule has 0 amide bonds. The molecule has 2 rings (SSSR count). The molecule has 0 spiro atoms. The van der Waals surface area contributed by atoms with Gasteiger partial charge in [0, 0.05) is 6.54 Å². The summed E-state index contributed by atoms with van der Waals surface area (Å²) >= 11 is 0. The molecule has 0 saturated heterocycles. The van der Waals surface area contributed by atoms with Gasteiger partial charge in [-0.1, -0.05) is 69.4 Å². The maximum Gasteiger partial charge on any atom is 0.261 e. The Hall–Kier alpha value is -2.00. The second-order valence-corrected chi connectivity index (χ2v) is 7.64. The lowest BCUT2D eigenvalue weighted by Crippen LogP contribution is -2.26. The van der Waals surface area contributed by atoms with Crippen molar-refractivity contribution in [2.75, 3.05) is 6.26 Å². The molecule has 26 heavy (non-hydrogen) atoms. The number of hydrogen-bond donors (Lipinski definition) is 2. The SMILES string of the molecule is CCCCCCCCn1nnn(Cc2ccccc2)c1=N.CS(=O)(=O)O. The molecule has 1 heterocycles. The molecule has 0 atom stereocenters. The van der Waals surface area contributed by atoms with Gasteiger partial charge in [0.05, 0.1) is 12.8 Å². The van der Waals surface area contributed by atoms with Gasteiger partial charge in [0.1, 0.15) is 0 Å². The Balaban J connectivity index is 0.000000597. The van der Waals surface area contributed by atoms with E-state index in [-0.39, 0.29) is 0 Å². The van der Waals surface area contributed by atoms with Crippen molar-refractivity contribution in [2.24, 2.45) is 0 Å². The molecule has 0 saturated carbocycles. The third-order valence-electron chi connectivity index (χ3n) is 3.64. The van der Waals surface area contributed by atoms with Gasteiger partial charge in [-0.05, 0) is 22.4 Å². The fourth-order valence-electron chi connectivity index (χ4n) is 2.37. The fraction of sp³-hybridized carbons (Fsp3) is 0.588. The largest absolute Gasteiger partial charge is 0.286 e. The van der Waals surface area contributed by atoms with Crippen LogP contribution in [0.1, 0.15) is 51.0 Å². The Morgan fingerprint density at radius 3 is 2.15 bits per heavy atom. The normalized spacial score (nSPS) is 11.0. The van der Waals surface area contributed by atoms with Gasteiger partial charge >= 0.3 is 0 Å². The molecule has 0 aliphatic heterocycles. The summed E-state index contributed by atoms with van der Waals surface area (Å²) in [5.41, 5.74) is 1.52. The number of hydrogen-bond acceptors (Lipinski definition) is 5. The summed E-state index contributed by atoms with van der Waals surface area (Å²) in [6, 6.07) is 10.1. The summed E-state index contributed by atoms with van der Waals surface area (Å²) in [7, 11) is -3.67. The number of rotatable bonds is 9. The highest BCUT2D eigenvalue weighted by Gasteiger charge is 2.04. The Morgan fingerprint density at radius 2 is 1.54 bits per heavy atom. The van der Waals surface area contributed by atoms with Crippen molar-refractivity contribution in [3.8, 4) is 0 Å². The summed E-state index contributed by atoms with van der Waals surface area (Å²) in [5, 5.41) is 16.3. The van der Waals surface area contributed by atoms with Crippen molar-refractivity contribution in [3.63, 3.8) is 0 Å². The Morgan fingerprint density at radius 1 is 1.00 bits per heavy atom. The predicted octanol–water partition coefficient (Wildman–Crippen LogP) is 2.47. The molecule has 2 aromatic rings. The van der Waals surface area contributed by atoms with Crippen LogP contribution in [0.25, 0.3) is 0 Å². The van der Waals surface area contributed by atoms with Gasteiger partial charge in [0.25, 0.3) is 10.1 Å². The zero-order valence-electron chi connectivity index (χ0n) is 15.5. The van der Waals surface area contributed by atoms with E-state index < -0.39 is 10.1 Å². The number of nitrogens with one attached hydrogen (secondary N) is 1. The number of aromatic nitrogens is 4. The average molecular weight is 384 g/mol. The number of nitrogens with zero attached hydrogens (tertiary/aromatic N) is 4. The van der Waals surface area contributed by atoms with E-state index in [2.05, 4.69) is 17.4 Å². The summed E-state index contributed by atoms with van der Waals surface area (Å²) in [5.74, 6) is 0. The van der Waals surface area contributed by atoms with Gasteiger partial charge in [-0.2, -0.15) is 8.42 Å². The summed E-state index contributed by atoms with van der Waals surface area (Å²) in [6.45, 7) is 3.63. The molecule has 8 nitrogen and oxygen atoms in total. The van der Waals surface area contributed by atoms with Gasteiger partial charge < -0.3 is 0 Å². The van der Waals surface area contributed by atoms with E-state index >= 15 is 0 Å². The zero-order chi connectivity index (χ0) is 19.4. The van der Waals surface area contributed by atoms with Gasteiger partial charge in [0.2, 0.25) is 5.62 Å². The fourth-order valence-corrected chi connectivity index (χ4v) is 2.37. The highest BCUT2D eigenvalue weighted by molar-refractivity contribution is 7.85. The minimum atomic E-state index is -3.67. The van der Waals surface area contributed by atoms with E-state index in [1.807, 2.05) is 30.3 Å². The average Bonchev–Trinajstić information content (AvgIpc) is 2.91. The first-order chi connectivity index (χ1) is 12.3. The molecule has 1 aromatic carbocycles. The summed E-state index contributed by atoms with van der Waals surface area (Å²) in [4.78, 5) is 0. The highest BCUT2D eigenvalue weighted by atomic mass is 32.2. The standard InChI is InChI=1S/C16H25N5.CH4O3S/c1-2-3-4-5-6-10-13-20-16(17)21(19-18-20)14-15-11-8-7-9-12-15;1-5(2,3)4/h7-9,11-12,17H,2-6,10,13-14H2,1H3;1H3,(H,2,3,4). The monoisotopic (exact) mass is 383 g/mol. The first kappa shape index (κ1) is 22.0. The Kier molecular flexibility index (Phi) is 9.82. The van der Waals surface area contributed by atoms with Gasteiger partial charge in [-0.25, -0.2) is 9.36 Å². The Bertz CT molecular complexity index is 776. The number of aryl methyl sites for hydroxylation is 1. The van der Waals surface area contributed by atoms with Crippen molar-refractivity contribution >= 4 is 10.1 Å². The lowest BCUT2D eigenvalue weighted by atomic mass is 10.1. The molecule has 146 valence electrons. The molecule has 0 bridgehead atoms. The molecule has 2 N–H and O–H groups in total. The summed E-state index contributed by atoms with van der Waals surface area (Å²) < 4.78 is 29.2. The van der Waals surface area contributed by atoms with Gasteiger partial charge in [0.15, 0.2) is 0 Å². The second-order valence-electron chi connectivity index (χ2n) is 6.17. The van der Waals surface area contributed by atoms with Gasteiger partial charge in [-0.3, -0.25) is 9.96 Å². The van der Waals surface area contributed by atoms with Crippen LogP contribution in [-0.4, -0.2) is 39.0 Å². The van der Waals surface area contributed by atoms with Gasteiger partial charge in [-0.15, -0.1) is 0 Å². The lowest BCUT2D eigenvalue weighted by Gasteiger charge is -2.02. The number of benzene rings is 1. The van der Waals surface area contributed by atoms with E-state index in [0.717, 1.165) is 18.5 Å². The minimum absolute atomic E-state index is 0.382. The first-order valence-electron chi connectivity index (χ1n) is 8.83. The molecule has 0 fully saturated rings. The van der Waals surface area contributed by atoms with Crippen LogP contribution in [0, 0.1) is 5.41 Å². The van der Waals surface area contributed by atoms with Crippen molar-refractivity contribution < 1.29 is 13.0 Å². The molecule has 0 aliphatic carbocycles. The van der Waals surface area contributed by atoms with Crippen LogP contribution >= 0.6 is 0 Å². The molecule has 0 unspecified atom stereocenters. The topological polar surface area (TPSA) is 114 Å². The minimum Gasteiger partial charge on any atom is -0.286 e. The van der Waals surface area contributed by atoms with Crippen LogP contribution < -0.4 is 5.62 Å². The molecule has 0 aliphatic rings. The van der Waals surface area contributed by atoms with Crippen molar-refractivity contribution in [3.05, 3.63) is 41.5 Å². The third kappa shape index (κ3) is 10.1. The van der Waals surface area contributed by atoms with Crippen molar-refractivity contribution in [2.45, 2.75) is 58.5 Å². The van der Waals surface area contributed by atoms with Crippen LogP contribution in [0.2, 0.25) is 0 Å². The number of unbranched alkanes of at least 4 members (excludes halogenated alkanes) is 5.